The lowest BCUT2D eigenvalue weighted by molar-refractivity contribution is -0.119. The van der Waals surface area contributed by atoms with Crippen LogP contribution in [0, 0.1) is 6.92 Å². The predicted octanol–water partition coefficient (Wildman–Crippen LogP) is 4.64. The van der Waals surface area contributed by atoms with Crippen LogP contribution in [0.2, 0.25) is 0 Å². The quantitative estimate of drug-likeness (QED) is 0.103. The van der Waals surface area contributed by atoms with Gasteiger partial charge in [0.2, 0.25) is 0 Å². The number of carbonyl (C=O) groups excluding carboxylic acids is 1. The lowest BCUT2D eigenvalue weighted by atomic mass is 10.1. The van der Waals surface area contributed by atoms with E-state index in [-0.39, 0.29) is 58.3 Å². The second-order valence-electron chi connectivity index (χ2n) is 10.2. The number of rotatable bonds is 9. The molecule has 1 aromatic heterocycles. The van der Waals surface area contributed by atoms with E-state index in [1.54, 1.807) is 6.07 Å². The average molecular weight is 721 g/mol. The Bertz CT molecular complexity index is 2440. The summed E-state index contributed by atoms with van der Waals surface area (Å²) in [6, 6.07) is 13.2. The molecule has 0 aliphatic carbocycles. The minimum atomic E-state index is -4.93. The van der Waals surface area contributed by atoms with Crippen molar-refractivity contribution in [2.45, 2.75) is 40.7 Å². The molecule has 246 valence electrons. The largest absolute Gasteiger partial charge is 0.391 e. The van der Waals surface area contributed by atoms with E-state index in [1.807, 2.05) is 0 Å². The van der Waals surface area contributed by atoms with Crippen molar-refractivity contribution in [3.05, 3.63) is 72.3 Å². The Morgan fingerprint density at radius 1 is 0.851 bits per heavy atom. The highest BCUT2D eigenvalue weighted by molar-refractivity contribution is 7.86. The zero-order valence-corrected chi connectivity index (χ0v) is 27.4. The second-order valence-corrected chi connectivity index (χ2v) is 15.4. The number of carbonyl (C=O) groups is 1. The Morgan fingerprint density at radius 2 is 1.51 bits per heavy atom. The van der Waals surface area contributed by atoms with Gasteiger partial charge in [0.1, 0.15) is 19.7 Å². The number of thiazole rings is 1. The predicted molar refractivity (Wildman–Crippen MR) is 172 cm³/mol. The molecule has 1 heterocycles. The Kier molecular flexibility index (Phi) is 9.03. The Balaban J connectivity index is 1.50. The molecular weight excluding hydrogens is 697 g/mol. The van der Waals surface area contributed by atoms with E-state index in [0.29, 0.717) is 0 Å². The maximum absolute atomic E-state index is 13.2. The van der Waals surface area contributed by atoms with E-state index >= 15 is 0 Å². The number of fused-ring (bicyclic) bond motifs is 2. The number of nitrogens with zero attached hydrogens (tertiary/aromatic N) is 3. The zero-order valence-electron chi connectivity index (χ0n) is 24.1. The van der Waals surface area contributed by atoms with Crippen LogP contribution in [0.5, 0.6) is 0 Å². The monoisotopic (exact) mass is 720 g/mol. The molecule has 0 unspecified atom stereocenters. The van der Waals surface area contributed by atoms with Crippen LogP contribution >= 0.6 is 11.3 Å². The number of hydrogen-bond donors (Lipinski definition) is 5. The van der Waals surface area contributed by atoms with Crippen molar-refractivity contribution in [3.63, 3.8) is 0 Å². The van der Waals surface area contributed by atoms with Crippen molar-refractivity contribution in [2.24, 2.45) is 10.2 Å². The lowest BCUT2D eigenvalue weighted by Crippen LogP contribution is -2.34. The molecule has 4 aromatic carbocycles. The first-order valence-electron chi connectivity index (χ1n) is 13.2. The van der Waals surface area contributed by atoms with Gasteiger partial charge in [0, 0.05) is 22.0 Å². The molecule has 1 amide bonds. The van der Waals surface area contributed by atoms with Crippen LogP contribution in [0.25, 0.3) is 31.6 Å². The Hall–Kier alpha value is -4.21. The Labute approximate surface area is 271 Å². The maximum Gasteiger partial charge on any atom is 0.296 e. The summed E-state index contributed by atoms with van der Waals surface area (Å²) in [5.74, 6) is -0.862. The molecule has 0 aliphatic heterocycles. The molecule has 0 saturated heterocycles. The van der Waals surface area contributed by atoms with Crippen molar-refractivity contribution >= 4 is 80.0 Å². The molecule has 2 atom stereocenters. The molecule has 5 aromatic rings. The molecule has 0 spiro atoms. The third kappa shape index (κ3) is 7.06. The number of aliphatic hydroxyl groups is 1. The fourth-order valence-corrected chi connectivity index (χ4v) is 8.60. The lowest BCUT2D eigenvalue weighted by Gasteiger charge is -2.16. The summed E-state index contributed by atoms with van der Waals surface area (Å²) in [7, 11) is -14.2. The first kappa shape index (κ1) is 34.1. The number of aryl methyl sites for hydroxylation is 1. The number of anilines is 1. The molecule has 5 N–H and O–H groups in total. The van der Waals surface area contributed by atoms with Crippen molar-refractivity contribution < 1.29 is 48.8 Å². The second kappa shape index (κ2) is 12.4. The van der Waals surface area contributed by atoms with Crippen molar-refractivity contribution in [1.82, 2.24) is 4.98 Å². The number of azo groups is 1. The normalized spacial score (nSPS) is 14.1. The van der Waals surface area contributed by atoms with Gasteiger partial charge in [-0.1, -0.05) is 30.3 Å². The number of hydrogen-bond acceptors (Lipinski definition) is 12. The van der Waals surface area contributed by atoms with Gasteiger partial charge in [0.25, 0.3) is 36.3 Å². The molecule has 47 heavy (non-hydrogen) atoms. The van der Waals surface area contributed by atoms with E-state index in [2.05, 4.69) is 20.5 Å². The summed E-state index contributed by atoms with van der Waals surface area (Å²) in [5.41, 5.74) is 0.260. The van der Waals surface area contributed by atoms with Gasteiger partial charge >= 0.3 is 0 Å². The van der Waals surface area contributed by atoms with Crippen LogP contribution < -0.4 is 5.32 Å². The highest BCUT2D eigenvalue weighted by Crippen LogP contribution is 2.39. The first-order chi connectivity index (χ1) is 21.9. The standard InChI is InChI=1S/C28H24N4O11S4/c1-14-7-10-21-25(26(14)47(41,42)43)44-28(30-21)19-9-8-16(13-23(19)46(38,39)40)31-32-24(15(2)33)27(34)29-20-11-12-22(45(35,36)37)18-6-4-3-5-17(18)20/h3-13,15,24,33H,1-2H3,(H,29,34)(H,35,36,37)(H,38,39,40)(H,41,42,43)/t15-,24+/m0/s1. The first-order valence-corrected chi connectivity index (χ1v) is 18.4. The molecule has 0 radical (unpaired) electrons. The third-order valence-electron chi connectivity index (χ3n) is 6.88. The summed E-state index contributed by atoms with van der Waals surface area (Å²) in [6.45, 7) is 2.72. The Morgan fingerprint density at radius 3 is 2.13 bits per heavy atom. The number of benzene rings is 4. The summed E-state index contributed by atoms with van der Waals surface area (Å²) in [6.07, 6.45) is -1.41. The van der Waals surface area contributed by atoms with Gasteiger partial charge in [-0.2, -0.15) is 35.5 Å². The molecule has 19 heteroatoms. The van der Waals surface area contributed by atoms with E-state index in [9.17, 15) is 48.8 Å². The molecule has 0 saturated carbocycles. The summed E-state index contributed by atoms with van der Waals surface area (Å²) >= 11 is 0.771. The van der Waals surface area contributed by atoms with Gasteiger partial charge in [0.05, 0.1) is 22.0 Å². The minimum Gasteiger partial charge on any atom is -0.391 e. The highest BCUT2D eigenvalue weighted by atomic mass is 32.2. The SMILES string of the molecule is Cc1ccc2nc(-c3ccc(N=N[C@@H](C(=O)Nc4ccc(S(=O)(=O)O)c5ccccc45)[C@H](C)O)cc3S(=O)(=O)O)sc2c1S(=O)(=O)O. The highest BCUT2D eigenvalue weighted by Gasteiger charge is 2.27. The van der Waals surface area contributed by atoms with Gasteiger partial charge in [-0.05, 0) is 55.8 Å². The van der Waals surface area contributed by atoms with E-state index in [1.165, 1.54) is 62.4 Å². The maximum atomic E-state index is 13.2. The molecule has 0 aliphatic rings. The van der Waals surface area contributed by atoms with Gasteiger partial charge in [-0.15, -0.1) is 11.3 Å². The molecule has 0 fully saturated rings. The van der Waals surface area contributed by atoms with Crippen molar-refractivity contribution in [1.29, 1.82) is 0 Å². The van der Waals surface area contributed by atoms with Crippen molar-refractivity contribution in [3.8, 4) is 10.6 Å². The van der Waals surface area contributed by atoms with Crippen LogP contribution in [0.3, 0.4) is 0 Å². The fourth-order valence-electron chi connectivity index (χ4n) is 4.77. The van der Waals surface area contributed by atoms with Gasteiger partial charge in [-0.25, -0.2) is 4.98 Å². The molecule has 15 nitrogen and oxygen atoms in total. The average Bonchev–Trinajstić information content (AvgIpc) is 3.39. The van der Waals surface area contributed by atoms with Crippen LogP contribution in [0.15, 0.2) is 91.6 Å². The fraction of sp³-hybridized carbons (Fsp3) is 0.143. The number of aliphatic hydroxyl groups excluding tert-OH is 1. The van der Waals surface area contributed by atoms with Crippen LogP contribution in [0.4, 0.5) is 11.4 Å². The summed E-state index contributed by atoms with van der Waals surface area (Å²) < 4.78 is 102. The summed E-state index contributed by atoms with van der Waals surface area (Å²) in [5, 5.41) is 21.0. The molecule has 5 rings (SSSR count). The number of nitrogens with one attached hydrogen (secondary N) is 1. The van der Waals surface area contributed by atoms with Gasteiger partial charge in [0.15, 0.2) is 6.04 Å². The third-order valence-corrected chi connectivity index (χ3v) is 11.0. The van der Waals surface area contributed by atoms with Crippen LogP contribution in [-0.4, -0.2) is 67.1 Å². The zero-order chi connectivity index (χ0) is 34.5. The van der Waals surface area contributed by atoms with Crippen LogP contribution in [0.1, 0.15) is 12.5 Å². The smallest absolute Gasteiger partial charge is 0.296 e. The van der Waals surface area contributed by atoms with Gasteiger partial charge in [-0.3, -0.25) is 18.5 Å². The number of amides is 1. The van der Waals surface area contributed by atoms with E-state index in [0.717, 1.165) is 23.5 Å². The molecule has 0 bridgehead atoms. The topological polar surface area (TPSA) is 250 Å². The number of aromatic nitrogens is 1. The van der Waals surface area contributed by atoms with Crippen LogP contribution in [-0.2, 0) is 35.1 Å². The van der Waals surface area contributed by atoms with E-state index < -0.39 is 53.3 Å². The minimum absolute atomic E-state index is 0.0000848. The van der Waals surface area contributed by atoms with Crippen molar-refractivity contribution in [2.75, 3.05) is 5.32 Å². The van der Waals surface area contributed by atoms with E-state index in [4.69, 9.17) is 0 Å². The van der Waals surface area contributed by atoms with Gasteiger partial charge < -0.3 is 10.4 Å². The molecular formula is C28H24N4O11S4. The summed E-state index contributed by atoms with van der Waals surface area (Å²) in [4.78, 5) is 16.0.